The maximum atomic E-state index is 8.34. The predicted molar refractivity (Wildman–Crippen MR) is 56.6 cm³/mol. The van der Waals surface area contributed by atoms with Gasteiger partial charge < -0.3 is 0 Å². The zero-order valence-corrected chi connectivity index (χ0v) is 8.87. The average molecular weight is 243 g/mol. The van der Waals surface area contributed by atoms with Crippen LogP contribution in [-0.2, 0) is 6.42 Å². The second-order valence-electron chi connectivity index (χ2n) is 2.51. The van der Waals surface area contributed by atoms with Crippen LogP contribution in [0.2, 0.25) is 0 Å². The molecule has 70 valence electrons. The van der Waals surface area contributed by atoms with Crippen LogP contribution in [0, 0.1) is 0 Å². The van der Waals surface area contributed by atoms with E-state index in [4.69, 9.17) is 5.21 Å². The molecule has 0 atom stereocenters. The van der Waals surface area contributed by atoms with Crippen LogP contribution in [0.5, 0.6) is 0 Å². The second-order valence-corrected chi connectivity index (χ2v) is 3.43. The topological polar surface area (TPSA) is 44.6 Å². The van der Waals surface area contributed by atoms with Crippen molar-refractivity contribution < 1.29 is 5.21 Å². The molecule has 1 aromatic rings. The number of rotatable bonds is 3. The van der Waals surface area contributed by atoms with Crippen molar-refractivity contribution >= 4 is 28.0 Å². The quantitative estimate of drug-likeness (QED) is 0.487. The molecule has 0 aliphatic rings. The summed E-state index contributed by atoms with van der Waals surface area (Å²) >= 11 is 3.39. The molecule has 2 N–H and O–H groups in total. The van der Waals surface area contributed by atoms with Gasteiger partial charge in [-0.15, -0.1) is 0 Å². The van der Waals surface area contributed by atoms with Crippen LogP contribution in [0.15, 0.2) is 27.7 Å². The number of nitrogens with zero attached hydrogens (tertiary/aromatic N) is 1. The highest BCUT2D eigenvalue weighted by Crippen LogP contribution is 2.23. The Labute approximate surface area is 85.6 Å². The van der Waals surface area contributed by atoms with E-state index >= 15 is 0 Å². The van der Waals surface area contributed by atoms with Gasteiger partial charge in [0.25, 0.3) is 0 Å². The zero-order valence-electron chi connectivity index (χ0n) is 7.29. The van der Waals surface area contributed by atoms with Crippen molar-refractivity contribution in [2.45, 2.75) is 13.3 Å². The van der Waals surface area contributed by atoms with Crippen LogP contribution in [0.25, 0.3) is 0 Å². The summed E-state index contributed by atoms with van der Waals surface area (Å²) in [6, 6.07) is 5.84. The van der Waals surface area contributed by atoms with Gasteiger partial charge in [0.1, 0.15) is 6.34 Å². The summed E-state index contributed by atoms with van der Waals surface area (Å²) in [5.41, 5.74) is 3.89. The van der Waals surface area contributed by atoms with Gasteiger partial charge in [-0.1, -0.05) is 22.9 Å². The lowest BCUT2D eigenvalue weighted by Crippen LogP contribution is -2.01. The highest BCUT2D eigenvalue weighted by atomic mass is 79.9. The van der Waals surface area contributed by atoms with E-state index in [2.05, 4.69) is 27.8 Å². The molecular formula is C9H11BrN2O. The fourth-order valence-corrected chi connectivity index (χ4v) is 1.47. The van der Waals surface area contributed by atoms with E-state index in [1.807, 2.05) is 23.7 Å². The minimum atomic E-state index is 0.868. The van der Waals surface area contributed by atoms with Crippen LogP contribution in [-0.4, -0.2) is 11.5 Å². The van der Waals surface area contributed by atoms with Crippen molar-refractivity contribution in [3.05, 3.63) is 28.2 Å². The number of hydroxylamine groups is 1. The SMILES string of the molecule is CCc1cc(Br)ccc1N=CNO. The van der Waals surface area contributed by atoms with Crippen molar-refractivity contribution in [2.75, 3.05) is 0 Å². The Balaban J connectivity index is 2.99. The van der Waals surface area contributed by atoms with E-state index in [1.165, 1.54) is 6.34 Å². The maximum Gasteiger partial charge on any atom is 0.113 e. The first-order valence-corrected chi connectivity index (χ1v) is 4.77. The lowest BCUT2D eigenvalue weighted by atomic mass is 10.1. The zero-order chi connectivity index (χ0) is 9.68. The van der Waals surface area contributed by atoms with Crippen LogP contribution in [0.1, 0.15) is 12.5 Å². The van der Waals surface area contributed by atoms with Crippen molar-refractivity contribution in [2.24, 2.45) is 4.99 Å². The Kier molecular flexibility index (Phi) is 3.92. The van der Waals surface area contributed by atoms with Gasteiger partial charge in [-0.25, -0.2) is 4.99 Å². The van der Waals surface area contributed by atoms with E-state index in [1.54, 1.807) is 0 Å². The molecule has 3 nitrogen and oxygen atoms in total. The molecule has 1 rings (SSSR count). The molecule has 0 bridgehead atoms. The van der Waals surface area contributed by atoms with Gasteiger partial charge in [-0.3, -0.25) is 10.7 Å². The van der Waals surface area contributed by atoms with E-state index < -0.39 is 0 Å². The molecule has 0 aliphatic heterocycles. The average Bonchev–Trinajstić information content (AvgIpc) is 2.16. The van der Waals surface area contributed by atoms with E-state index in [9.17, 15) is 0 Å². The van der Waals surface area contributed by atoms with Crippen LogP contribution < -0.4 is 5.48 Å². The summed E-state index contributed by atoms with van der Waals surface area (Å²) in [6.07, 6.45) is 2.17. The normalized spacial score (nSPS) is 10.7. The molecule has 1 aromatic carbocycles. The van der Waals surface area contributed by atoms with Crippen molar-refractivity contribution in [3.8, 4) is 0 Å². The summed E-state index contributed by atoms with van der Waals surface area (Å²) in [5.74, 6) is 0. The number of benzene rings is 1. The first-order chi connectivity index (χ1) is 6.27. The molecule has 0 aromatic heterocycles. The van der Waals surface area contributed by atoms with Gasteiger partial charge >= 0.3 is 0 Å². The third kappa shape index (κ3) is 2.82. The summed E-state index contributed by atoms with van der Waals surface area (Å²) in [7, 11) is 0. The fourth-order valence-electron chi connectivity index (χ4n) is 1.06. The highest BCUT2D eigenvalue weighted by Gasteiger charge is 1.98. The molecule has 4 heteroatoms. The monoisotopic (exact) mass is 242 g/mol. The Morgan fingerprint density at radius 3 is 3.00 bits per heavy atom. The summed E-state index contributed by atoms with van der Waals surface area (Å²) in [4.78, 5) is 4.03. The minimum Gasteiger partial charge on any atom is -0.290 e. The van der Waals surface area contributed by atoms with Crippen LogP contribution in [0.4, 0.5) is 5.69 Å². The molecule has 0 amide bonds. The van der Waals surface area contributed by atoms with Gasteiger partial charge in [-0.05, 0) is 30.2 Å². The van der Waals surface area contributed by atoms with Crippen molar-refractivity contribution in [1.29, 1.82) is 0 Å². The molecule has 0 saturated heterocycles. The lowest BCUT2D eigenvalue weighted by Gasteiger charge is -2.02. The van der Waals surface area contributed by atoms with E-state index in [0.717, 1.165) is 22.1 Å². The first-order valence-electron chi connectivity index (χ1n) is 3.98. The highest BCUT2D eigenvalue weighted by molar-refractivity contribution is 9.10. The summed E-state index contributed by atoms with van der Waals surface area (Å²) in [5, 5.41) is 8.34. The molecule has 13 heavy (non-hydrogen) atoms. The molecule has 0 radical (unpaired) electrons. The standard InChI is InChI=1S/C9H11BrN2O/c1-2-7-5-8(10)3-4-9(7)11-6-12-13/h3-6,13H,2H2,1H3,(H,11,12). The number of nitrogens with one attached hydrogen (secondary N) is 1. The lowest BCUT2D eigenvalue weighted by molar-refractivity contribution is 0.240. The number of aliphatic imine (C=N–C) groups is 1. The van der Waals surface area contributed by atoms with E-state index in [-0.39, 0.29) is 0 Å². The van der Waals surface area contributed by atoms with Crippen LogP contribution >= 0.6 is 15.9 Å². The molecule has 0 saturated carbocycles. The number of hydrogen-bond donors (Lipinski definition) is 2. The predicted octanol–water partition coefficient (Wildman–Crippen LogP) is 2.65. The Bertz CT molecular complexity index is 312. The number of halogens is 1. The summed E-state index contributed by atoms with van der Waals surface area (Å²) < 4.78 is 1.04. The molecular weight excluding hydrogens is 232 g/mol. The largest absolute Gasteiger partial charge is 0.290 e. The molecule has 0 fully saturated rings. The molecule has 0 spiro atoms. The molecule has 0 heterocycles. The van der Waals surface area contributed by atoms with E-state index in [0.29, 0.717) is 0 Å². The first kappa shape index (κ1) is 10.2. The number of hydrogen-bond acceptors (Lipinski definition) is 2. The van der Waals surface area contributed by atoms with Gasteiger partial charge in [0, 0.05) is 4.47 Å². The van der Waals surface area contributed by atoms with Gasteiger partial charge in [0.15, 0.2) is 0 Å². The fraction of sp³-hybridized carbons (Fsp3) is 0.222. The summed E-state index contributed by atoms with van der Waals surface area (Å²) in [6.45, 7) is 2.06. The van der Waals surface area contributed by atoms with Gasteiger partial charge in [-0.2, -0.15) is 0 Å². The molecule has 0 unspecified atom stereocenters. The van der Waals surface area contributed by atoms with Gasteiger partial charge in [0.05, 0.1) is 5.69 Å². The van der Waals surface area contributed by atoms with Gasteiger partial charge in [0.2, 0.25) is 0 Å². The third-order valence-electron chi connectivity index (χ3n) is 1.68. The molecule has 0 aliphatic carbocycles. The van der Waals surface area contributed by atoms with Crippen molar-refractivity contribution in [1.82, 2.24) is 5.48 Å². The smallest absolute Gasteiger partial charge is 0.113 e. The minimum absolute atomic E-state index is 0.868. The third-order valence-corrected chi connectivity index (χ3v) is 2.18. The van der Waals surface area contributed by atoms with Crippen molar-refractivity contribution in [3.63, 3.8) is 0 Å². The number of aryl methyl sites for hydroxylation is 1. The maximum absolute atomic E-state index is 8.34. The Morgan fingerprint density at radius 2 is 2.38 bits per heavy atom. The Morgan fingerprint density at radius 1 is 1.62 bits per heavy atom. The Hall–Kier alpha value is -0.870. The van der Waals surface area contributed by atoms with Crippen LogP contribution in [0.3, 0.4) is 0 Å². The second kappa shape index (κ2) is 4.99.